The summed E-state index contributed by atoms with van der Waals surface area (Å²) in [5.74, 6) is -3.09. The normalized spacial score (nSPS) is 11.4. The molecule has 1 N–H and O–H groups in total. The molecular weight excluding hydrogens is 328 g/mol. The fourth-order valence-electron chi connectivity index (χ4n) is 2.10. The molecule has 10 nitrogen and oxygen atoms in total. The summed E-state index contributed by atoms with van der Waals surface area (Å²) in [5.41, 5.74) is -0.376. The summed E-state index contributed by atoms with van der Waals surface area (Å²) in [6.45, 7) is 2.16. The van der Waals surface area contributed by atoms with E-state index in [0.29, 0.717) is 13.0 Å². The third kappa shape index (κ3) is 3.84. The van der Waals surface area contributed by atoms with Crippen LogP contribution in [0.25, 0.3) is 5.69 Å². The standard InChI is InChI=1S/C15H14N6O4/c1-2-5-18-15(23)11(7-16)14(22)10-3-4-12(13(6-10)21(24)25)20-9-17-8-19-20/h3-4,6,8-9,11H,2,5H2,1H3,(H,18,23). The van der Waals surface area contributed by atoms with Crippen molar-refractivity contribution in [2.75, 3.05) is 6.54 Å². The Labute approximate surface area is 142 Å². The van der Waals surface area contributed by atoms with Crippen LogP contribution >= 0.6 is 0 Å². The number of nitrogens with zero attached hydrogens (tertiary/aromatic N) is 5. The molecule has 0 radical (unpaired) electrons. The van der Waals surface area contributed by atoms with E-state index in [-0.39, 0.29) is 16.9 Å². The average molecular weight is 342 g/mol. The lowest BCUT2D eigenvalue weighted by Gasteiger charge is -2.10. The number of benzene rings is 1. The Morgan fingerprint density at radius 3 is 2.80 bits per heavy atom. The minimum Gasteiger partial charge on any atom is -0.355 e. The lowest BCUT2D eigenvalue weighted by molar-refractivity contribution is -0.384. The number of amides is 1. The predicted octanol–water partition coefficient (Wildman–Crippen LogP) is 1.02. The molecule has 0 fully saturated rings. The summed E-state index contributed by atoms with van der Waals surface area (Å²) < 4.78 is 1.18. The van der Waals surface area contributed by atoms with Gasteiger partial charge in [-0.2, -0.15) is 10.4 Å². The maximum atomic E-state index is 12.4. The molecule has 0 bridgehead atoms. The summed E-state index contributed by atoms with van der Waals surface area (Å²) in [4.78, 5) is 38.7. The van der Waals surface area contributed by atoms with Crippen LogP contribution in [0.5, 0.6) is 0 Å². The number of ketones is 1. The molecule has 2 aromatic rings. The number of nitro groups is 1. The highest BCUT2D eigenvalue weighted by atomic mass is 16.6. The van der Waals surface area contributed by atoms with Gasteiger partial charge in [-0.1, -0.05) is 6.92 Å². The zero-order valence-corrected chi connectivity index (χ0v) is 13.2. The van der Waals surface area contributed by atoms with E-state index < -0.39 is 22.5 Å². The fraction of sp³-hybridized carbons (Fsp3) is 0.267. The second kappa shape index (κ2) is 7.78. The van der Waals surface area contributed by atoms with E-state index >= 15 is 0 Å². The zero-order chi connectivity index (χ0) is 18.4. The number of Topliss-reactive ketones (excluding diaryl/α,β-unsaturated/α-hetero) is 1. The molecular formula is C15H14N6O4. The topological polar surface area (TPSA) is 144 Å². The zero-order valence-electron chi connectivity index (χ0n) is 13.2. The molecule has 0 saturated carbocycles. The van der Waals surface area contributed by atoms with Crippen molar-refractivity contribution in [1.29, 1.82) is 5.26 Å². The van der Waals surface area contributed by atoms with Crippen molar-refractivity contribution in [2.24, 2.45) is 5.92 Å². The van der Waals surface area contributed by atoms with Gasteiger partial charge in [0.2, 0.25) is 5.91 Å². The van der Waals surface area contributed by atoms with E-state index in [0.717, 1.165) is 6.07 Å². The number of nitriles is 1. The van der Waals surface area contributed by atoms with Crippen LogP contribution < -0.4 is 5.32 Å². The Morgan fingerprint density at radius 2 is 2.24 bits per heavy atom. The summed E-state index contributed by atoms with van der Waals surface area (Å²) in [5, 5.41) is 26.7. The van der Waals surface area contributed by atoms with Gasteiger partial charge in [-0.15, -0.1) is 0 Å². The second-order valence-corrected chi connectivity index (χ2v) is 5.02. The van der Waals surface area contributed by atoms with Gasteiger partial charge in [0.1, 0.15) is 18.3 Å². The summed E-state index contributed by atoms with van der Waals surface area (Å²) in [7, 11) is 0. The number of aromatic nitrogens is 3. The highest BCUT2D eigenvalue weighted by Crippen LogP contribution is 2.24. The minimum absolute atomic E-state index is 0.103. The molecule has 1 amide bonds. The first-order valence-corrected chi connectivity index (χ1v) is 7.34. The van der Waals surface area contributed by atoms with E-state index in [2.05, 4.69) is 15.4 Å². The molecule has 0 saturated heterocycles. The van der Waals surface area contributed by atoms with E-state index in [1.54, 1.807) is 6.07 Å². The van der Waals surface area contributed by atoms with Gasteiger partial charge in [-0.3, -0.25) is 19.7 Å². The number of carbonyl (C=O) groups is 2. The highest BCUT2D eigenvalue weighted by Gasteiger charge is 2.29. The van der Waals surface area contributed by atoms with Crippen molar-refractivity contribution >= 4 is 17.4 Å². The van der Waals surface area contributed by atoms with Crippen molar-refractivity contribution < 1.29 is 14.5 Å². The van der Waals surface area contributed by atoms with Crippen LogP contribution in [-0.4, -0.2) is 37.9 Å². The Balaban J connectivity index is 2.37. The average Bonchev–Trinajstić information content (AvgIpc) is 3.14. The highest BCUT2D eigenvalue weighted by molar-refractivity contribution is 6.12. The first kappa shape index (κ1) is 17.7. The van der Waals surface area contributed by atoms with Crippen LogP contribution in [0, 0.1) is 27.4 Å². The van der Waals surface area contributed by atoms with Crippen LogP contribution in [-0.2, 0) is 4.79 Å². The first-order valence-electron chi connectivity index (χ1n) is 7.34. The van der Waals surface area contributed by atoms with Gasteiger partial charge in [0, 0.05) is 18.2 Å². The molecule has 0 aliphatic heterocycles. The number of hydrogen-bond acceptors (Lipinski definition) is 7. The second-order valence-electron chi connectivity index (χ2n) is 5.02. The molecule has 2 rings (SSSR count). The third-order valence-electron chi connectivity index (χ3n) is 3.32. The summed E-state index contributed by atoms with van der Waals surface area (Å²) in [6.07, 6.45) is 3.14. The number of nitrogens with one attached hydrogen (secondary N) is 1. The Hall–Kier alpha value is -3.61. The summed E-state index contributed by atoms with van der Waals surface area (Å²) in [6, 6.07) is 5.29. The molecule has 1 unspecified atom stereocenters. The molecule has 0 aliphatic carbocycles. The van der Waals surface area contributed by atoms with Crippen LogP contribution in [0.15, 0.2) is 30.9 Å². The molecule has 0 spiro atoms. The minimum atomic E-state index is -1.57. The third-order valence-corrected chi connectivity index (χ3v) is 3.32. The Bertz CT molecular complexity index is 840. The van der Waals surface area contributed by atoms with Crippen LogP contribution in [0.4, 0.5) is 5.69 Å². The molecule has 25 heavy (non-hydrogen) atoms. The number of carbonyl (C=O) groups excluding carboxylic acids is 2. The number of rotatable bonds is 7. The van der Waals surface area contributed by atoms with Gasteiger partial charge < -0.3 is 5.32 Å². The van der Waals surface area contributed by atoms with Gasteiger partial charge in [0.15, 0.2) is 11.7 Å². The number of nitro benzene ring substituents is 1. The predicted molar refractivity (Wildman–Crippen MR) is 84.7 cm³/mol. The fourth-order valence-corrected chi connectivity index (χ4v) is 2.10. The van der Waals surface area contributed by atoms with Gasteiger partial charge in [0.25, 0.3) is 5.69 Å². The SMILES string of the molecule is CCCNC(=O)C(C#N)C(=O)c1ccc(-n2cncn2)c([N+](=O)[O-])c1. The van der Waals surface area contributed by atoms with Crippen LogP contribution in [0.3, 0.4) is 0 Å². The van der Waals surface area contributed by atoms with Gasteiger partial charge in [0.05, 0.1) is 11.0 Å². The maximum absolute atomic E-state index is 12.4. The van der Waals surface area contributed by atoms with Gasteiger partial charge in [-0.25, -0.2) is 9.67 Å². The van der Waals surface area contributed by atoms with Crippen LogP contribution in [0.1, 0.15) is 23.7 Å². The van der Waals surface area contributed by atoms with Crippen molar-refractivity contribution in [2.45, 2.75) is 13.3 Å². The van der Waals surface area contributed by atoms with Crippen molar-refractivity contribution in [3.05, 3.63) is 46.5 Å². The lowest BCUT2D eigenvalue weighted by Crippen LogP contribution is -2.35. The van der Waals surface area contributed by atoms with Crippen molar-refractivity contribution in [1.82, 2.24) is 20.1 Å². The Kier molecular flexibility index (Phi) is 5.52. The van der Waals surface area contributed by atoms with E-state index in [1.165, 1.54) is 29.5 Å². The van der Waals surface area contributed by atoms with Crippen molar-refractivity contribution in [3.8, 4) is 11.8 Å². The smallest absolute Gasteiger partial charge is 0.295 e. The monoisotopic (exact) mass is 342 g/mol. The quantitative estimate of drug-likeness (QED) is 0.342. The molecule has 10 heteroatoms. The first-order chi connectivity index (χ1) is 12.0. The van der Waals surface area contributed by atoms with E-state index in [9.17, 15) is 19.7 Å². The number of hydrogen-bond donors (Lipinski definition) is 1. The van der Waals surface area contributed by atoms with Crippen molar-refractivity contribution in [3.63, 3.8) is 0 Å². The van der Waals surface area contributed by atoms with Gasteiger partial charge in [-0.05, 0) is 18.6 Å². The summed E-state index contributed by atoms with van der Waals surface area (Å²) >= 11 is 0. The van der Waals surface area contributed by atoms with E-state index in [1.807, 2.05) is 6.92 Å². The lowest BCUT2D eigenvalue weighted by atomic mass is 9.97. The Morgan fingerprint density at radius 1 is 1.48 bits per heavy atom. The molecule has 1 aromatic heterocycles. The molecule has 128 valence electrons. The van der Waals surface area contributed by atoms with E-state index in [4.69, 9.17) is 5.26 Å². The molecule has 1 heterocycles. The van der Waals surface area contributed by atoms with Gasteiger partial charge >= 0.3 is 0 Å². The molecule has 1 atom stereocenters. The van der Waals surface area contributed by atoms with Crippen LogP contribution in [0.2, 0.25) is 0 Å². The maximum Gasteiger partial charge on any atom is 0.295 e. The molecule has 1 aromatic carbocycles. The largest absolute Gasteiger partial charge is 0.355 e. The molecule has 0 aliphatic rings.